The molecule has 4 aliphatic carbocycles. The molecule has 0 saturated heterocycles. The average Bonchev–Trinajstić information content (AvgIpc) is 3.19. The van der Waals surface area contributed by atoms with Crippen molar-refractivity contribution in [3.8, 4) is 12.3 Å². The van der Waals surface area contributed by atoms with Crippen molar-refractivity contribution >= 4 is 16.6 Å². The fourth-order valence-electron chi connectivity index (χ4n) is 8.23. The van der Waals surface area contributed by atoms with E-state index < -0.39 is 16.6 Å². The van der Waals surface area contributed by atoms with Crippen LogP contribution in [0.4, 0.5) is 0 Å². The van der Waals surface area contributed by atoms with E-state index in [9.17, 15) is 0 Å². The zero-order valence-corrected chi connectivity index (χ0v) is 31.0. The van der Waals surface area contributed by atoms with E-state index in [1.54, 1.807) is 16.7 Å². The largest absolute Gasteiger partial charge is 0.414 e. The monoisotopic (exact) mass is 594 g/mol. The Kier molecular flexibility index (Phi) is 8.81. The summed E-state index contributed by atoms with van der Waals surface area (Å²) < 4.78 is 14.7. The predicted octanol–water partition coefficient (Wildman–Crippen LogP) is 10.8. The minimum absolute atomic E-state index is 0.0338. The second-order valence-electron chi connectivity index (χ2n) is 17.5. The lowest BCUT2D eigenvalue weighted by Crippen LogP contribution is -2.58. The number of terminal acetylenes is 1. The molecule has 0 spiro atoms. The highest BCUT2D eigenvalue weighted by molar-refractivity contribution is 6.74. The van der Waals surface area contributed by atoms with E-state index in [-0.39, 0.29) is 33.1 Å². The first kappa shape index (κ1) is 33.0. The maximum absolute atomic E-state index is 7.51. The van der Waals surface area contributed by atoms with Gasteiger partial charge in [0, 0.05) is 11.8 Å². The van der Waals surface area contributed by atoms with Crippen molar-refractivity contribution in [1.82, 2.24) is 0 Å². The van der Waals surface area contributed by atoms with Crippen LogP contribution in [-0.2, 0) is 8.85 Å². The third kappa shape index (κ3) is 5.72. The molecule has 0 N–H and O–H groups in total. The molecule has 230 valence electrons. The molecule has 2 fully saturated rings. The summed E-state index contributed by atoms with van der Waals surface area (Å²) in [5, 5.41) is 0.383. The number of fused-ring (bicyclic) bond motifs is 5. The minimum Gasteiger partial charge on any atom is -0.414 e. The van der Waals surface area contributed by atoms with Gasteiger partial charge in [0.1, 0.15) is 0 Å². The summed E-state index contributed by atoms with van der Waals surface area (Å²) in [6.07, 6.45) is 21.5. The molecule has 0 aromatic rings. The van der Waals surface area contributed by atoms with E-state index in [0.717, 1.165) is 25.7 Å². The molecule has 4 heteroatoms. The van der Waals surface area contributed by atoms with E-state index in [4.69, 9.17) is 15.3 Å². The first-order valence-electron chi connectivity index (χ1n) is 16.6. The van der Waals surface area contributed by atoms with Gasteiger partial charge in [-0.2, -0.15) is 0 Å². The van der Waals surface area contributed by atoms with Crippen molar-refractivity contribution < 1.29 is 8.85 Å². The van der Waals surface area contributed by atoms with Crippen LogP contribution in [0, 0.1) is 40.9 Å². The van der Waals surface area contributed by atoms with Crippen LogP contribution in [0.5, 0.6) is 0 Å². The first-order chi connectivity index (χ1) is 18.7. The average molecular weight is 595 g/mol. The Hall–Kier alpha value is -0.866. The Morgan fingerprint density at radius 3 is 2.17 bits per heavy atom. The molecule has 0 aromatic heterocycles. The number of hydrogen-bond donors (Lipinski definition) is 0. The molecule has 0 bridgehead atoms. The van der Waals surface area contributed by atoms with Crippen molar-refractivity contribution in [1.29, 1.82) is 0 Å². The van der Waals surface area contributed by atoms with Crippen molar-refractivity contribution in [2.45, 2.75) is 156 Å². The van der Waals surface area contributed by atoms with E-state index in [1.807, 2.05) is 0 Å². The zero-order chi connectivity index (χ0) is 30.8. The van der Waals surface area contributed by atoms with Gasteiger partial charge in [0.25, 0.3) is 0 Å². The smallest absolute Gasteiger partial charge is 0.192 e. The molecule has 2 saturated carbocycles. The minimum atomic E-state index is -1.99. The van der Waals surface area contributed by atoms with E-state index in [2.05, 4.69) is 113 Å². The number of hydrogen-bond acceptors (Lipinski definition) is 2. The molecule has 4 rings (SSSR count). The van der Waals surface area contributed by atoms with Crippen LogP contribution in [0.15, 0.2) is 34.9 Å². The van der Waals surface area contributed by atoms with Crippen LogP contribution in [-0.4, -0.2) is 28.8 Å². The van der Waals surface area contributed by atoms with Crippen molar-refractivity contribution in [2.75, 3.05) is 0 Å². The summed E-state index contributed by atoms with van der Waals surface area (Å²) >= 11 is 0. The molecule has 41 heavy (non-hydrogen) atoms. The SMILES string of the molecule is C#CCC[C@H](C)C1=CC[C@H]2C3=CC=C4C[C@@H](O[Si](C)(C)C(C)(C)C)C[C@H](O[Si](C)(C)C(C)(C)C)[C@]4(C)[C@H]3CC[C@]12C. The quantitative estimate of drug-likeness (QED) is 0.166. The third-order valence-electron chi connectivity index (χ3n) is 13.0. The Bertz CT molecular complexity index is 1140. The van der Waals surface area contributed by atoms with Gasteiger partial charge in [-0.15, -0.1) is 12.3 Å². The molecule has 4 aliphatic rings. The van der Waals surface area contributed by atoms with Crippen LogP contribution in [0.25, 0.3) is 0 Å². The highest BCUT2D eigenvalue weighted by Crippen LogP contribution is 2.65. The second-order valence-corrected chi connectivity index (χ2v) is 27.1. The summed E-state index contributed by atoms with van der Waals surface area (Å²) in [5.41, 5.74) is 5.26. The molecule has 7 atom stereocenters. The van der Waals surface area contributed by atoms with Crippen LogP contribution < -0.4 is 0 Å². The number of allylic oxidation sites excluding steroid dienone is 5. The third-order valence-corrected chi connectivity index (χ3v) is 22.0. The molecule has 0 heterocycles. The molecule has 0 unspecified atom stereocenters. The van der Waals surface area contributed by atoms with Crippen molar-refractivity contribution in [2.24, 2.45) is 28.6 Å². The highest BCUT2D eigenvalue weighted by atomic mass is 28.4. The van der Waals surface area contributed by atoms with Gasteiger partial charge in [-0.3, -0.25) is 0 Å². The molecule has 0 aliphatic heterocycles. The maximum Gasteiger partial charge on any atom is 0.192 e. The van der Waals surface area contributed by atoms with Gasteiger partial charge >= 0.3 is 0 Å². The maximum atomic E-state index is 7.51. The summed E-state index contributed by atoms with van der Waals surface area (Å²) in [6, 6.07) is 0. The van der Waals surface area contributed by atoms with Gasteiger partial charge < -0.3 is 8.85 Å². The predicted molar refractivity (Wildman–Crippen MR) is 182 cm³/mol. The molecule has 0 radical (unpaired) electrons. The summed E-state index contributed by atoms with van der Waals surface area (Å²) in [7, 11) is -3.89. The molecule has 0 aromatic carbocycles. The van der Waals surface area contributed by atoms with E-state index in [1.165, 1.54) is 19.3 Å². The van der Waals surface area contributed by atoms with Gasteiger partial charge in [0.05, 0.1) is 12.2 Å². The lowest BCUT2D eigenvalue weighted by atomic mass is 9.49. The van der Waals surface area contributed by atoms with Gasteiger partial charge in [-0.1, -0.05) is 97.3 Å². The lowest BCUT2D eigenvalue weighted by molar-refractivity contribution is -0.0389. The van der Waals surface area contributed by atoms with Crippen LogP contribution in [0.1, 0.15) is 107 Å². The molecular weight excluding hydrogens is 533 g/mol. The first-order valence-corrected chi connectivity index (χ1v) is 22.4. The molecule has 2 nitrogen and oxygen atoms in total. The lowest BCUT2D eigenvalue weighted by Gasteiger charge is -2.59. The van der Waals surface area contributed by atoms with Crippen LogP contribution in [0.3, 0.4) is 0 Å². The zero-order valence-electron chi connectivity index (χ0n) is 29.0. The van der Waals surface area contributed by atoms with Crippen LogP contribution >= 0.6 is 0 Å². The van der Waals surface area contributed by atoms with Gasteiger partial charge in [0.2, 0.25) is 0 Å². The van der Waals surface area contributed by atoms with E-state index >= 15 is 0 Å². The fraction of sp³-hybridized carbons (Fsp3) is 0.784. The summed E-state index contributed by atoms with van der Waals surface area (Å²) in [5.74, 6) is 4.61. The molecule has 0 amide bonds. The second kappa shape index (κ2) is 10.9. The number of rotatable bonds is 7. The van der Waals surface area contributed by atoms with Crippen molar-refractivity contribution in [3.63, 3.8) is 0 Å². The van der Waals surface area contributed by atoms with Crippen molar-refractivity contribution in [3.05, 3.63) is 34.9 Å². The fourth-order valence-corrected chi connectivity index (χ4v) is 11.0. The normalized spacial score (nSPS) is 34.9. The Morgan fingerprint density at radius 2 is 1.59 bits per heavy atom. The van der Waals surface area contributed by atoms with Gasteiger partial charge in [0.15, 0.2) is 16.6 Å². The Morgan fingerprint density at radius 1 is 0.976 bits per heavy atom. The Balaban J connectivity index is 1.71. The highest BCUT2D eigenvalue weighted by Gasteiger charge is 2.59. The topological polar surface area (TPSA) is 18.5 Å². The summed E-state index contributed by atoms with van der Waals surface area (Å²) in [6.45, 7) is 31.5. The summed E-state index contributed by atoms with van der Waals surface area (Å²) in [4.78, 5) is 0. The molecular formula is C37H62O2Si2. The van der Waals surface area contributed by atoms with Gasteiger partial charge in [-0.05, 0) is 98.0 Å². The Labute approximate surface area is 256 Å². The standard InChI is InChI=1S/C37H62O2Si2/c1-15-16-17-26(2)30-20-21-31-29-19-18-27-24-28(38-40(11,12)34(3,4)5)25-33(39-41(13,14)35(6,7)8)37(27,10)32(29)22-23-36(30,31)9/h1,18-20,26,28,31-33H,16-17,21-25H2,2-14H3/t26-,28+,31-,32-,33-,36+,37-/m0/s1. The van der Waals surface area contributed by atoms with E-state index in [0.29, 0.717) is 17.8 Å². The van der Waals surface area contributed by atoms with Crippen LogP contribution in [0.2, 0.25) is 36.3 Å². The van der Waals surface area contributed by atoms with Gasteiger partial charge in [-0.25, -0.2) is 0 Å².